The van der Waals surface area contributed by atoms with Crippen LogP contribution in [0.3, 0.4) is 0 Å². The zero-order valence-corrected chi connectivity index (χ0v) is 16.7. The normalized spacial score (nSPS) is 42.2. The van der Waals surface area contributed by atoms with Gasteiger partial charge in [-0.15, -0.1) is 0 Å². The molecule has 6 aliphatic rings. The highest BCUT2D eigenvalue weighted by atomic mass is 16.8. The zero-order valence-electron chi connectivity index (χ0n) is 16.7. The van der Waals surface area contributed by atoms with E-state index in [-0.39, 0.29) is 18.9 Å². The van der Waals surface area contributed by atoms with Gasteiger partial charge in [0.1, 0.15) is 17.8 Å². The fourth-order valence-corrected chi connectivity index (χ4v) is 6.34. The number of rotatable bonds is 4. The second-order valence-corrected chi connectivity index (χ2v) is 9.18. The third-order valence-corrected chi connectivity index (χ3v) is 7.72. The van der Waals surface area contributed by atoms with E-state index in [0.717, 1.165) is 10.8 Å². The summed E-state index contributed by atoms with van der Waals surface area (Å²) in [5.74, 6) is -2.34. The minimum atomic E-state index is -1.20. The maximum Gasteiger partial charge on any atom is 0.338 e. The highest BCUT2D eigenvalue weighted by Gasteiger charge is 2.94. The second-order valence-electron chi connectivity index (χ2n) is 9.18. The predicted molar refractivity (Wildman–Crippen MR) is 103 cm³/mol. The molecule has 30 heavy (non-hydrogen) atoms. The average molecular weight is 410 g/mol. The van der Waals surface area contributed by atoms with E-state index in [9.17, 15) is 14.7 Å². The first-order valence-corrected chi connectivity index (χ1v) is 10.2. The van der Waals surface area contributed by atoms with Crippen molar-refractivity contribution in [1.82, 2.24) is 0 Å². The number of benzene rings is 2. The van der Waals surface area contributed by atoms with Crippen molar-refractivity contribution in [3.05, 3.63) is 48.0 Å². The van der Waals surface area contributed by atoms with Gasteiger partial charge in [0.25, 0.3) is 0 Å². The summed E-state index contributed by atoms with van der Waals surface area (Å²) in [7, 11) is 0. The Bertz CT molecular complexity index is 1110. The number of hydrogen-bond acceptors (Lipinski definition) is 7. The quantitative estimate of drug-likeness (QED) is 0.775. The van der Waals surface area contributed by atoms with E-state index in [0.29, 0.717) is 12.0 Å². The summed E-state index contributed by atoms with van der Waals surface area (Å²) >= 11 is 0. The standard InChI is InChI=1S/C23H22O7/c1-13(24)28-22-11-20(2)23(26)10-17(22)21(23,19(29-20)30-22)12-27-18(25)16-8-7-14-5-3-4-6-15(14)9-16/h3-9,17,19,26H,10-12H2,1-2H3. The fraction of sp³-hybridized carbons (Fsp3) is 0.478. The number of carbonyl (C=O) groups excluding carboxylic acids is 2. The molecule has 0 aromatic heterocycles. The third-order valence-electron chi connectivity index (χ3n) is 7.72. The molecule has 0 spiro atoms. The van der Waals surface area contributed by atoms with E-state index < -0.39 is 40.6 Å². The van der Waals surface area contributed by atoms with Crippen molar-refractivity contribution < 1.29 is 33.6 Å². The number of fused-ring (bicyclic) bond motifs is 1. The van der Waals surface area contributed by atoms with Gasteiger partial charge in [0.05, 0.1) is 11.0 Å². The highest BCUT2D eigenvalue weighted by Crippen LogP contribution is 2.81. The summed E-state index contributed by atoms with van der Waals surface area (Å²) in [6.45, 7) is 3.08. The van der Waals surface area contributed by atoms with Crippen LogP contribution < -0.4 is 0 Å². The Morgan fingerprint density at radius 1 is 1.17 bits per heavy atom. The van der Waals surface area contributed by atoms with E-state index in [1.165, 1.54) is 6.92 Å². The van der Waals surface area contributed by atoms with Crippen LogP contribution in [-0.4, -0.2) is 46.9 Å². The lowest BCUT2D eigenvalue weighted by molar-refractivity contribution is -0.384. The van der Waals surface area contributed by atoms with Crippen LogP contribution in [0, 0.1) is 11.3 Å². The molecule has 2 aromatic carbocycles. The maximum absolute atomic E-state index is 12.8. The Labute approximate surface area is 172 Å². The summed E-state index contributed by atoms with van der Waals surface area (Å²) < 4.78 is 23.4. The Morgan fingerprint density at radius 2 is 1.93 bits per heavy atom. The monoisotopic (exact) mass is 410 g/mol. The minimum Gasteiger partial charge on any atom is -0.461 e. The molecule has 0 amide bonds. The van der Waals surface area contributed by atoms with E-state index in [4.69, 9.17) is 18.9 Å². The Kier molecular flexibility index (Phi) is 3.30. The molecule has 6 fully saturated rings. The fourth-order valence-electron chi connectivity index (χ4n) is 6.34. The molecule has 7 nitrogen and oxygen atoms in total. The van der Waals surface area contributed by atoms with Crippen LogP contribution in [-0.2, 0) is 23.7 Å². The molecule has 6 unspecified atom stereocenters. The number of esters is 2. The Hall–Kier alpha value is -2.48. The van der Waals surface area contributed by atoms with E-state index in [1.54, 1.807) is 12.1 Å². The van der Waals surface area contributed by atoms with E-state index in [2.05, 4.69) is 0 Å². The third kappa shape index (κ3) is 1.91. The SMILES string of the molecule is CC(=O)OC12CC3(C)OC(O1)C1(COC(=O)c4ccc5ccccc5c4)C2CC31O. The molecule has 3 saturated carbocycles. The molecular formula is C23H22O7. The van der Waals surface area contributed by atoms with Gasteiger partial charge >= 0.3 is 11.9 Å². The van der Waals surface area contributed by atoms with E-state index in [1.807, 2.05) is 37.3 Å². The molecule has 8 rings (SSSR count). The van der Waals surface area contributed by atoms with Crippen LogP contribution in [0.2, 0.25) is 0 Å². The van der Waals surface area contributed by atoms with Gasteiger partial charge in [0.2, 0.25) is 5.79 Å². The Morgan fingerprint density at radius 3 is 2.70 bits per heavy atom. The maximum atomic E-state index is 12.8. The van der Waals surface area contributed by atoms with Crippen molar-refractivity contribution in [2.45, 2.75) is 50.0 Å². The van der Waals surface area contributed by atoms with Gasteiger partial charge in [-0.3, -0.25) is 4.79 Å². The molecule has 156 valence electrons. The van der Waals surface area contributed by atoms with Crippen LogP contribution in [0.1, 0.15) is 37.0 Å². The average Bonchev–Trinajstić information content (AvgIpc) is 2.89. The second kappa shape index (κ2) is 5.41. The number of aliphatic hydroxyl groups is 1. The molecule has 1 N–H and O–H groups in total. The molecule has 3 aliphatic carbocycles. The van der Waals surface area contributed by atoms with Gasteiger partial charge in [0.15, 0.2) is 6.29 Å². The van der Waals surface area contributed by atoms with Crippen molar-refractivity contribution in [1.29, 1.82) is 0 Å². The molecule has 0 radical (unpaired) electrons. The first-order valence-electron chi connectivity index (χ1n) is 10.2. The molecular weight excluding hydrogens is 388 g/mol. The van der Waals surface area contributed by atoms with Crippen LogP contribution in [0.4, 0.5) is 0 Å². The summed E-state index contributed by atoms with van der Waals surface area (Å²) in [6.07, 6.45) is -0.151. The highest BCUT2D eigenvalue weighted by molar-refractivity contribution is 5.95. The van der Waals surface area contributed by atoms with Gasteiger partial charge in [0, 0.05) is 19.3 Å². The predicted octanol–water partition coefficient (Wildman–Crippen LogP) is 2.54. The Balaban J connectivity index is 1.29. The summed E-state index contributed by atoms with van der Waals surface area (Å²) in [5, 5.41) is 13.5. The van der Waals surface area contributed by atoms with Crippen molar-refractivity contribution >= 4 is 22.7 Å². The first kappa shape index (κ1) is 18.3. The van der Waals surface area contributed by atoms with E-state index >= 15 is 0 Å². The van der Waals surface area contributed by atoms with Crippen molar-refractivity contribution in [2.75, 3.05) is 6.61 Å². The van der Waals surface area contributed by atoms with Crippen LogP contribution in [0.25, 0.3) is 10.8 Å². The zero-order chi connectivity index (χ0) is 20.9. The number of carbonyl (C=O) groups is 2. The van der Waals surface area contributed by atoms with Gasteiger partial charge < -0.3 is 24.1 Å². The smallest absolute Gasteiger partial charge is 0.338 e. The van der Waals surface area contributed by atoms with Crippen LogP contribution in [0.5, 0.6) is 0 Å². The molecule has 3 heterocycles. The number of hydrogen-bond donors (Lipinski definition) is 1. The van der Waals surface area contributed by atoms with Gasteiger partial charge in [-0.2, -0.15) is 0 Å². The largest absolute Gasteiger partial charge is 0.461 e. The summed E-state index contributed by atoms with van der Waals surface area (Å²) in [4.78, 5) is 24.6. The van der Waals surface area contributed by atoms with Crippen molar-refractivity contribution in [3.8, 4) is 0 Å². The number of ether oxygens (including phenoxy) is 4. The minimum absolute atomic E-state index is 0.0664. The molecule has 6 bridgehead atoms. The summed E-state index contributed by atoms with van der Waals surface area (Å²) in [5.41, 5.74) is -2.62. The molecule has 6 atom stereocenters. The van der Waals surface area contributed by atoms with Gasteiger partial charge in [-0.05, 0) is 36.2 Å². The topological polar surface area (TPSA) is 91.3 Å². The van der Waals surface area contributed by atoms with Crippen LogP contribution in [0.15, 0.2) is 42.5 Å². The van der Waals surface area contributed by atoms with Crippen molar-refractivity contribution in [2.24, 2.45) is 11.3 Å². The van der Waals surface area contributed by atoms with Gasteiger partial charge in [-0.25, -0.2) is 4.79 Å². The van der Waals surface area contributed by atoms with Gasteiger partial charge in [-0.1, -0.05) is 30.3 Å². The van der Waals surface area contributed by atoms with Crippen LogP contribution >= 0.6 is 0 Å². The molecule has 3 saturated heterocycles. The molecule has 3 aliphatic heterocycles. The lowest BCUT2D eigenvalue weighted by atomic mass is 9.41. The molecule has 2 aromatic rings. The molecule has 7 heteroatoms. The lowest BCUT2D eigenvalue weighted by Gasteiger charge is -2.65. The first-order chi connectivity index (χ1) is 14.2. The lowest BCUT2D eigenvalue weighted by Crippen LogP contribution is -2.79. The summed E-state index contributed by atoms with van der Waals surface area (Å²) in [6, 6.07) is 13.2. The van der Waals surface area contributed by atoms with Crippen molar-refractivity contribution in [3.63, 3.8) is 0 Å².